The van der Waals surface area contributed by atoms with Crippen molar-refractivity contribution in [1.82, 2.24) is 5.32 Å². The Morgan fingerprint density at radius 3 is 2.43 bits per heavy atom. The van der Waals surface area contributed by atoms with E-state index in [9.17, 15) is 9.59 Å². The zero-order valence-electron chi connectivity index (χ0n) is 11.7. The molecule has 1 aromatic carbocycles. The summed E-state index contributed by atoms with van der Waals surface area (Å²) in [6, 6.07) is 3.53. The molecule has 0 heterocycles. The first kappa shape index (κ1) is 15.6. The lowest BCUT2D eigenvalue weighted by Gasteiger charge is -2.12. The maximum atomic E-state index is 11.8. The number of carboxylic acid groups (broad SMARTS) is 1. The minimum atomic E-state index is -0.914. The summed E-state index contributed by atoms with van der Waals surface area (Å²) in [5, 5.41) is 11.6. The van der Waals surface area contributed by atoms with E-state index < -0.39 is 17.8 Å². The van der Waals surface area contributed by atoms with E-state index >= 15 is 0 Å². The van der Waals surface area contributed by atoms with E-state index in [1.165, 1.54) is 7.11 Å². The van der Waals surface area contributed by atoms with Crippen molar-refractivity contribution < 1.29 is 24.2 Å². The van der Waals surface area contributed by atoms with Crippen LogP contribution in [0.1, 0.15) is 12.0 Å². The number of aliphatic carboxylic acids is 1. The number of methoxy groups -OCH3 is 2. The molecule has 0 bridgehead atoms. The minimum Gasteiger partial charge on any atom is -0.493 e. The highest BCUT2D eigenvalue weighted by Crippen LogP contribution is 2.39. The lowest BCUT2D eigenvalue weighted by atomic mass is 10.2. The third-order valence-electron chi connectivity index (χ3n) is 3.45. The van der Waals surface area contributed by atoms with E-state index in [2.05, 4.69) is 21.2 Å². The lowest BCUT2D eigenvalue weighted by Crippen LogP contribution is -2.26. The van der Waals surface area contributed by atoms with Gasteiger partial charge in [0.25, 0.3) is 0 Å². The van der Waals surface area contributed by atoms with Crippen LogP contribution in [0.2, 0.25) is 0 Å². The van der Waals surface area contributed by atoms with Gasteiger partial charge < -0.3 is 19.9 Å². The van der Waals surface area contributed by atoms with Crippen LogP contribution in [0.4, 0.5) is 0 Å². The van der Waals surface area contributed by atoms with Crippen molar-refractivity contribution >= 4 is 27.8 Å². The predicted molar refractivity (Wildman–Crippen MR) is 78.3 cm³/mol. The summed E-state index contributed by atoms with van der Waals surface area (Å²) < 4.78 is 11.2. The molecule has 1 aliphatic carbocycles. The number of halogens is 1. The molecule has 1 aromatic rings. The summed E-state index contributed by atoms with van der Waals surface area (Å²) in [4.78, 5) is 22.6. The predicted octanol–water partition coefficient (Wildman–Crippen LogP) is 1.80. The molecule has 0 unspecified atom stereocenters. The van der Waals surface area contributed by atoms with E-state index in [0.717, 1.165) is 10.0 Å². The first-order valence-electron chi connectivity index (χ1n) is 6.38. The van der Waals surface area contributed by atoms with Gasteiger partial charge in [0.05, 0.1) is 26.1 Å². The molecule has 7 heteroatoms. The molecule has 21 heavy (non-hydrogen) atoms. The molecule has 2 N–H and O–H groups in total. The van der Waals surface area contributed by atoms with Crippen LogP contribution in [0.3, 0.4) is 0 Å². The quantitative estimate of drug-likeness (QED) is 0.810. The van der Waals surface area contributed by atoms with Gasteiger partial charge in [0.15, 0.2) is 11.5 Å². The molecule has 1 amide bonds. The van der Waals surface area contributed by atoms with Crippen LogP contribution in [0.15, 0.2) is 16.6 Å². The molecular formula is C14H16BrNO5. The van der Waals surface area contributed by atoms with Gasteiger partial charge in [-0.25, -0.2) is 0 Å². The van der Waals surface area contributed by atoms with Crippen LogP contribution in [-0.2, 0) is 16.1 Å². The lowest BCUT2D eigenvalue weighted by molar-refractivity contribution is -0.140. The van der Waals surface area contributed by atoms with E-state index in [0.29, 0.717) is 24.5 Å². The Kier molecular flexibility index (Phi) is 4.72. The third-order valence-corrected chi connectivity index (χ3v) is 4.19. The van der Waals surface area contributed by atoms with Gasteiger partial charge in [0, 0.05) is 11.0 Å². The first-order valence-corrected chi connectivity index (χ1v) is 7.18. The van der Waals surface area contributed by atoms with E-state index in [1.807, 2.05) is 0 Å². The Labute approximate surface area is 130 Å². The number of hydrogen-bond acceptors (Lipinski definition) is 4. The molecule has 0 aromatic heterocycles. The van der Waals surface area contributed by atoms with E-state index in [4.69, 9.17) is 14.6 Å². The Hall–Kier alpha value is -1.76. The van der Waals surface area contributed by atoms with Gasteiger partial charge in [0.2, 0.25) is 5.91 Å². The van der Waals surface area contributed by atoms with Crippen molar-refractivity contribution in [1.29, 1.82) is 0 Å². The van der Waals surface area contributed by atoms with E-state index in [-0.39, 0.29) is 5.91 Å². The van der Waals surface area contributed by atoms with Crippen LogP contribution in [0.25, 0.3) is 0 Å². The molecule has 2 atom stereocenters. The molecule has 1 fully saturated rings. The fraction of sp³-hybridized carbons (Fsp3) is 0.429. The van der Waals surface area contributed by atoms with Gasteiger partial charge in [-0.3, -0.25) is 9.59 Å². The second kappa shape index (κ2) is 6.34. The summed E-state index contributed by atoms with van der Waals surface area (Å²) >= 11 is 3.41. The highest BCUT2D eigenvalue weighted by molar-refractivity contribution is 9.10. The number of carbonyl (C=O) groups excluding carboxylic acids is 1. The maximum Gasteiger partial charge on any atom is 0.307 e. The number of carbonyl (C=O) groups is 2. The largest absolute Gasteiger partial charge is 0.493 e. The smallest absolute Gasteiger partial charge is 0.307 e. The third kappa shape index (κ3) is 3.47. The molecule has 2 rings (SSSR count). The number of benzene rings is 1. The maximum absolute atomic E-state index is 11.8. The molecular weight excluding hydrogens is 342 g/mol. The Bertz CT molecular complexity index is 575. The van der Waals surface area contributed by atoms with Gasteiger partial charge in [0.1, 0.15) is 0 Å². The topological polar surface area (TPSA) is 84.9 Å². The van der Waals surface area contributed by atoms with Crippen molar-refractivity contribution in [3.63, 3.8) is 0 Å². The van der Waals surface area contributed by atoms with Gasteiger partial charge in [-0.1, -0.05) is 15.9 Å². The molecule has 6 nitrogen and oxygen atoms in total. The first-order chi connectivity index (χ1) is 9.97. The number of nitrogens with one attached hydrogen (secondary N) is 1. The summed E-state index contributed by atoms with van der Waals surface area (Å²) in [5.41, 5.74) is 0.827. The summed E-state index contributed by atoms with van der Waals surface area (Å²) in [6.45, 7) is 0.294. The van der Waals surface area contributed by atoms with Crippen LogP contribution >= 0.6 is 15.9 Å². The fourth-order valence-electron chi connectivity index (χ4n) is 2.10. The van der Waals surface area contributed by atoms with Crippen molar-refractivity contribution in [3.05, 3.63) is 22.2 Å². The minimum absolute atomic E-state index is 0.232. The van der Waals surface area contributed by atoms with Crippen molar-refractivity contribution in [2.75, 3.05) is 14.2 Å². The van der Waals surface area contributed by atoms with Crippen LogP contribution in [0, 0.1) is 11.8 Å². The van der Waals surface area contributed by atoms with Crippen LogP contribution in [0.5, 0.6) is 11.5 Å². The zero-order valence-corrected chi connectivity index (χ0v) is 13.3. The van der Waals surface area contributed by atoms with Crippen LogP contribution in [-0.4, -0.2) is 31.2 Å². The highest BCUT2D eigenvalue weighted by Gasteiger charge is 2.48. The number of carboxylic acids is 1. The Morgan fingerprint density at radius 1 is 1.29 bits per heavy atom. The number of amides is 1. The molecule has 1 aliphatic rings. The second-order valence-corrected chi connectivity index (χ2v) is 5.66. The fourth-order valence-corrected chi connectivity index (χ4v) is 2.57. The standard InChI is InChI=1S/C14H16BrNO5/c1-20-11-3-7(10(15)5-12(11)21-2)6-16-13(17)8-4-9(8)14(18)19/h3,5,8-9H,4,6H2,1-2H3,(H,16,17)(H,18,19)/t8-,9+/m1/s1. The van der Waals surface area contributed by atoms with E-state index in [1.54, 1.807) is 19.2 Å². The van der Waals surface area contributed by atoms with Crippen molar-refractivity contribution in [2.45, 2.75) is 13.0 Å². The molecule has 1 saturated carbocycles. The van der Waals surface area contributed by atoms with Crippen LogP contribution < -0.4 is 14.8 Å². The summed E-state index contributed by atoms with van der Waals surface area (Å²) in [7, 11) is 3.08. The molecule has 0 radical (unpaired) electrons. The molecule has 0 saturated heterocycles. The average molecular weight is 358 g/mol. The van der Waals surface area contributed by atoms with Gasteiger partial charge in [-0.05, 0) is 24.1 Å². The number of rotatable bonds is 6. The SMILES string of the molecule is COc1cc(Br)c(CNC(=O)[C@@H]2C[C@@H]2C(=O)O)cc1OC. The molecule has 0 aliphatic heterocycles. The summed E-state index contributed by atoms with van der Waals surface area (Å²) in [6.07, 6.45) is 0.411. The van der Waals surface area contributed by atoms with Gasteiger partial charge >= 0.3 is 5.97 Å². The second-order valence-electron chi connectivity index (χ2n) is 4.80. The monoisotopic (exact) mass is 357 g/mol. The highest BCUT2D eigenvalue weighted by atomic mass is 79.9. The molecule has 114 valence electrons. The van der Waals surface area contributed by atoms with Crippen molar-refractivity contribution in [2.24, 2.45) is 11.8 Å². The Morgan fingerprint density at radius 2 is 1.90 bits per heavy atom. The number of ether oxygens (including phenoxy) is 2. The zero-order chi connectivity index (χ0) is 15.6. The normalized spacial score (nSPS) is 19.8. The van der Waals surface area contributed by atoms with Gasteiger partial charge in [-0.15, -0.1) is 0 Å². The average Bonchev–Trinajstić information content (AvgIpc) is 3.25. The molecule has 0 spiro atoms. The summed E-state index contributed by atoms with van der Waals surface area (Å²) in [5.74, 6) is -0.945. The number of hydrogen-bond donors (Lipinski definition) is 2. The Balaban J connectivity index is 2.00. The van der Waals surface area contributed by atoms with Gasteiger partial charge in [-0.2, -0.15) is 0 Å². The van der Waals surface area contributed by atoms with Crippen molar-refractivity contribution in [3.8, 4) is 11.5 Å².